The topological polar surface area (TPSA) is 69.0 Å². The number of rotatable bonds is 6. The standard InChI is InChI=1S/C13H18N4O2/c1-5-11(19-4)7-6-10(2)12-8-17(16-15-12)9-13(18)14-3/h5-8H,2,9H2,1,3-4H3,(H,14,18)/b7-6-,11-5+. The highest BCUT2D eigenvalue weighted by Crippen LogP contribution is 2.11. The fraction of sp³-hybridized carbons (Fsp3) is 0.308. The highest BCUT2D eigenvalue weighted by Gasteiger charge is 2.05. The number of carbonyl (C=O) groups is 1. The average Bonchev–Trinajstić information content (AvgIpc) is 2.88. The molecule has 0 fully saturated rings. The molecule has 1 N–H and O–H groups in total. The number of hydrogen-bond acceptors (Lipinski definition) is 4. The van der Waals surface area contributed by atoms with Crippen molar-refractivity contribution < 1.29 is 9.53 Å². The molecule has 0 saturated carbocycles. The van der Waals surface area contributed by atoms with E-state index >= 15 is 0 Å². The van der Waals surface area contributed by atoms with E-state index in [0.717, 1.165) is 5.76 Å². The predicted molar refractivity (Wildman–Crippen MR) is 73.0 cm³/mol. The predicted octanol–water partition coefficient (Wildman–Crippen LogP) is 1.14. The molecule has 0 spiro atoms. The van der Waals surface area contributed by atoms with Crippen LogP contribution in [0.2, 0.25) is 0 Å². The third kappa shape index (κ3) is 4.42. The van der Waals surface area contributed by atoms with Crippen LogP contribution in [-0.2, 0) is 16.1 Å². The van der Waals surface area contributed by atoms with Crippen molar-refractivity contribution in [2.45, 2.75) is 13.5 Å². The molecule has 0 aliphatic heterocycles. The van der Waals surface area contributed by atoms with Gasteiger partial charge in [0.2, 0.25) is 5.91 Å². The van der Waals surface area contributed by atoms with Crippen LogP contribution in [0.4, 0.5) is 0 Å². The summed E-state index contributed by atoms with van der Waals surface area (Å²) in [4.78, 5) is 11.2. The van der Waals surface area contributed by atoms with Crippen molar-refractivity contribution in [3.63, 3.8) is 0 Å². The van der Waals surface area contributed by atoms with Crippen LogP contribution in [0.5, 0.6) is 0 Å². The second-order valence-electron chi connectivity index (χ2n) is 3.73. The van der Waals surface area contributed by atoms with Crippen LogP contribution in [0.25, 0.3) is 5.57 Å². The molecule has 1 aromatic rings. The first-order valence-electron chi connectivity index (χ1n) is 5.79. The van der Waals surface area contributed by atoms with Gasteiger partial charge in [-0.15, -0.1) is 5.10 Å². The maximum Gasteiger partial charge on any atom is 0.241 e. The van der Waals surface area contributed by atoms with E-state index in [1.807, 2.05) is 13.0 Å². The number of amides is 1. The Labute approximate surface area is 112 Å². The van der Waals surface area contributed by atoms with Crippen molar-refractivity contribution in [2.24, 2.45) is 0 Å². The van der Waals surface area contributed by atoms with E-state index in [-0.39, 0.29) is 12.5 Å². The third-order valence-electron chi connectivity index (χ3n) is 2.42. The number of nitrogens with zero attached hydrogens (tertiary/aromatic N) is 3. The zero-order valence-corrected chi connectivity index (χ0v) is 11.4. The highest BCUT2D eigenvalue weighted by molar-refractivity contribution is 5.75. The molecule has 0 aromatic carbocycles. The maximum absolute atomic E-state index is 11.2. The summed E-state index contributed by atoms with van der Waals surface area (Å²) in [6.07, 6.45) is 7.09. The van der Waals surface area contributed by atoms with Gasteiger partial charge in [0.25, 0.3) is 0 Å². The Morgan fingerprint density at radius 3 is 2.89 bits per heavy atom. The summed E-state index contributed by atoms with van der Waals surface area (Å²) in [5.74, 6) is 0.604. The smallest absolute Gasteiger partial charge is 0.241 e. The second kappa shape index (κ2) is 7.15. The van der Waals surface area contributed by atoms with Crippen molar-refractivity contribution in [1.82, 2.24) is 20.3 Å². The molecule has 6 nitrogen and oxygen atoms in total. The van der Waals surface area contributed by atoms with Crippen LogP contribution >= 0.6 is 0 Å². The molecule has 0 saturated heterocycles. The second-order valence-corrected chi connectivity index (χ2v) is 3.73. The molecule has 6 heteroatoms. The number of methoxy groups -OCH3 is 1. The first-order valence-corrected chi connectivity index (χ1v) is 5.79. The Kier molecular flexibility index (Phi) is 5.53. The molecular formula is C13H18N4O2. The molecule has 0 aliphatic carbocycles. The Morgan fingerprint density at radius 2 is 2.32 bits per heavy atom. The Balaban J connectivity index is 2.71. The van der Waals surface area contributed by atoms with Crippen LogP contribution < -0.4 is 5.32 Å². The molecule has 19 heavy (non-hydrogen) atoms. The Morgan fingerprint density at radius 1 is 1.58 bits per heavy atom. The number of likely N-dealkylation sites (N-methyl/N-ethyl adjacent to an activating group) is 1. The fourth-order valence-corrected chi connectivity index (χ4v) is 1.30. The summed E-state index contributed by atoms with van der Waals surface area (Å²) in [7, 11) is 3.17. The van der Waals surface area contributed by atoms with Crippen LogP contribution in [0.15, 0.2) is 36.8 Å². The maximum atomic E-state index is 11.2. The zero-order valence-electron chi connectivity index (χ0n) is 11.4. The summed E-state index contributed by atoms with van der Waals surface area (Å²) in [6, 6.07) is 0. The van der Waals surface area contributed by atoms with Crippen molar-refractivity contribution in [2.75, 3.05) is 14.2 Å². The molecule has 102 valence electrons. The quantitative estimate of drug-likeness (QED) is 0.616. The molecule has 0 aliphatic rings. The third-order valence-corrected chi connectivity index (χ3v) is 2.42. The normalized spacial score (nSPS) is 11.6. The largest absolute Gasteiger partial charge is 0.497 e. The lowest BCUT2D eigenvalue weighted by atomic mass is 10.2. The zero-order chi connectivity index (χ0) is 14.3. The average molecular weight is 262 g/mol. The summed E-state index contributed by atoms with van der Waals surface area (Å²) in [5.41, 5.74) is 1.31. The summed E-state index contributed by atoms with van der Waals surface area (Å²) in [5, 5.41) is 10.3. The number of hydrogen-bond donors (Lipinski definition) is 1. The molecule has 1 rings (SSSR count). The first kappa shape index (κ1) is 14.7. The number of carbonyl (C=O) groups excluding carboxylic acids is 1. The van der Waals surface area contributed by atoms with E-state index in [1.165, 1.54) is 4.68 Å². The lowest BCUT2D eigenvalue weighted by Crippen LogP contribution is -2.23. The first-order chi connectivity index (χ1) is 9.10. The van der Waals surface area contributed by atoms with Gasteiger partial charge < -0.3 is 10.1 Å². The minimum atomic E-state index is -0.131. The summed E-state index contributed by atoms with van der Waals surface area (Å²) >= 11 is 0. The van der Waals surface area contributed by atoms with E-state index in [4.69, 9.17) is 4.74 Å². The van der Waals surface area contributed by atoms with Gasteiger partial charge >= 0.3 is 0 Å². The number of allylic oxidation sites excluding steroid dienone is 4. The molecule has 1 amide bonds. The minimum absolute atomic E-state index is 0.131. The van der Waals surface area contributed by atoms with Gasteiger partial charge in [0, 0.05) is 7.05 Å². The van der Waals surface area contributed by atoms with Crippen molar-refractivity contribution in [3.05, 3.63) is 42.5 Å². The summed E-state index contributed by atoms with van der Waals surface area (Å²) < 4.78 is 6.56. The van der Waals surface area contributed by atoms with Gasteiger partial charge in [-0.2, -0.15) is 0 Å². The molecular weight excluding hydrogens is 244 g/mol. The van der Waals surface area contributed by atoms with Gasteiger partial charge in [-0.05, 0) is 30.7 Å². The number of ether oxygens (including phenoxy) is 1. The molecule has 0 radical (unpaired) electrons. The van der Waals surface area contributed by atoms with E-state index in [2.05, 4.69) is 22.2 Å². The monoisotopic (exact) mass is 262 g/mol. The molecule has 0 unspecified atom stereocenters. The van der Waals surface area contributed by atoms with E-state index in [1.54, 1.807) is 32.5 Å². The van der Waals surface area contributed by atoms with Crippen LogP contribution in [0.1, 0.15) is 12.6 Å². The van der Waals surface area contributed by atoms with E-state index < -0.39 is 0 Å². The number of aromatic nitrogens is 3. The van der Waals surface area contributed by atoms with Crippen LogP contribution in [0, 0.1) is 0 Å². The molecule has 1 heterocycles. The van der Waals surface area contributed by atoms with Gasteiger partial charge in [0.1, 0.15) is 18.0 Å². The lowest BCUT2D eigenvalue weighted by molar-refractivity contribution is -0.121. The lowest BCUT2D eigenvalue weighted by Gasteiger charge is -1.98. The number of nitrogens with one attached hydrogen (secondary N) is 1. The highest BCUT2D eigenvalue weighted by atomic mass is 16.5. The Bertz CT molecular complexity index is 514. The van der Waals surface area contributed by atoms with Crippen LogP contribution in [0.3, 0.4) is 0 Å². The van der Waals surface area contributed by atoms with Crippen molar-refractivity contribution in [3.8, 4) is 0 Å². The molecule has 0 bridgehead atoms. The summed E-state index contributed by atoms with van der Waals surface area (Å²) in [6.45, 7) is 5.91. The Hall–Kier alpha value is -2.37. The minimum Gasteiger partial charge on any atom is -0.497 e. The van der Waals surface area contributed by atoms with Crippen molar-refractivity contribution in [1.29, 1.82) is 0 Å². The van der Waals surface area contributed by atoms with Gasteiger partial charge in [-0.1, -0.05) is 11.8 Å². The SMILES string of the molecule is C=C(/C=C\C(=C/C)OC)c1cn(CC(=O)NC)nn1. The fourth-order valence-electron chi connectivity index (χ4n) is 1.30. The van der Waals surface area contributed by atoms with Gasteiger partial charge in [0.15, 0.2) is 0 Å². The van der Waals surface area contributed by atoms with E-state index in [0.29, 0.717) is 11.3 Å². The van der Waals surface area contributed by atoms with Crippen LogP contribution in [-0.4, -0.2) is 35.1 Å². The van der Waals surface area contributed by atoms with Gasteiger partial charge in [-0.25, -0.2) is 4.68 Å². The molecule has 0 atom stereocenters. The molecule has 1 aromatic heterocycles. The van der Waals surface area contributed by atoms with E-state index in [9.17, 15) is 4.79 Å². The van der Waals surface area contributed by atoms with Gasteiger partial charge in [0.05, 0.1) is 13.3 Å². The van der Waals surface area contributed by atoms with Gasteiger partial charge in [-0.3, -0.25) is 4.79 Å². The van der Waals surface area contributed by atoms with Crippen molar-refractivity contribution >= 4 is 11.5 Å².